The Morgan fingerprint density at radius 2 is 2.12 bits per heavy atom. The van der Waals surface area contributed by atoms with Crippen LogP contribution >= 0.6 is 15.9 Å². The number of carbonyl (C=O) groups excluding carboxylic acids is 1. The molecule has 1 rings (SSSR count). The largest absolute Gasteiger partial charge is 0.347 e. The highest BCUT2D eigenvalue weighted by molar-refractivity contribution is 9.10. The second-order valence-electron chi connectivity index (χ2n) is 4.60. The highest BCUT2D eigenvalue weighted by atomic mass is 79.9. The average Bonchev–Trinajstić information content (AvgIpc) is 2.16. The number of carbonyl (C=O) groups is 1. The molecule has 0 aliphatic rings. The Morgan fingerprint density at radius 1 is 1.44 bits per heavy atom. The van der Waals surface area contributed by atoms with E-state index >= 15 is 0 Å². The molecule has 0 unspecified atom stereocenters. The van der Waals surface area contributed by atoms with Crippen LogP contribution in [0.4, 0.5) is 0 Å². The molecule has 2 nitrogen and oxygen atoms in total. The third kappa shape index (κ3) is 3.97. The third-order valence-electron chi connectivity index (χ3n) is 2.41. The lowest BCUT2D eigenvalue weighted by Crippen LogP contribution is -2.43. The summed E-state index contributed by atoms with van der Waals surface area (Å²) >= 11 is 3.36. The van der Waals surface area contributed by atoms with Gasteiger partial charge in [0.25, 0.3) is 5.91 Å². The van der Waals surface area contributed by atoms with E-state index in [-0.39, 0.29) is 11.4 Å². The average molecular weight is 284 g/mol. The van der Waals surface area contributed by atoms with Gasteiger partial charge in [0.05, 0.1) is 0 Å². The summed E-state index contributed by atoms with van der Waals surface area (Å²) in [4.78, 5) is 12.0. The van der Waals surface area contributed by atoms with E-state index in [9.17, 15) is 4.79 Å². The fraction of sp³-hybridized carbons (Fsp3) is 0.462. The molecule has 0 spiro atoms. The molecular weight excluding hydrogens is 266 g/mol. The first-order valence-corrected chi connectivity index (χ1v) is 6.32. The zero-order chi connectivity index (χ0) is 12.2. The van der Waals surface area contributed by atoms with Gasteiger partial charge >= 0.3 is 0 Å². The monoisotopic (exact) mass is 283 g/mol. The van der Waals surface area contributed by atoms with Crippen LogP contribution in [0.15, 0.2) is 28.7 Å². The van der Waals surface area contributed by atoms with E-state index < -0.39 is 0 Å². The molecule has 0 aromatic heterocycles. The van der Waals surface area contributed by atoms with Crippen molar-refractivity contribution in [2.45, 2.75) is 39.2 Å². The SMILES string of the molecule is CCCC(C)(C)NC(=O)c1cccc(Br)c1. The Hall–Kier alpha value is -0.830. The summed E-state index contributed by atoms with van der Waals surface area (Å²) in [6.07, 6.45) is 2.04. The normalized spacial score (nSPS) is 11.2. The number of nitrogens with one attached hydrogen (secondary N) is 1. The molecule has 1 aromatic rings. The van der Waals surface area contributed by atoms with E-state index in [2.05, 4.69) is 28.2 Å². The van der Waals surface area contributed by atoms with Gasteiger partial charge in [-0.2, -0.15) is 0 Å². The maximum Gasteiger partial charge on any atom is 0.251 e. The van der Waals surface area contributed by atoms with Crippen LogP contribution in [-0.4, -0.2) is 11.4 Å². The van der Waals surface area contributed by atoms with Gasteiger partial charge in [0, 0.05) is 15.6 Å². The molecule has 0 saturated carbocycles. The fourth-order valence-electron chi connectivity index (χ4n) is 1.70. The lowest BCUT2D eigenvalue weighted by molar-refractivity contribution is 0.0909. The summed E-state index contributed by atoms with van der Waals surface area (Å²) in [7, 11) is 0. The lowest BCUT2D eigenvalue weighted by atomic mass is 9.98. The van der Waals surface area contributed by atoms with E-state index in [1.807, 2.05) is 38.1 Å². The molecule has 0 heterocycles. The molecule has 88 valence electrons. The second kappa shape index (κ2) is 5.48. The van der Waals surface area contributed by atoms with Crippen molar-refractivity contribution in [3.63, 3.8) is 0 Å². The Morgan fingerprint density at radius 3 is 2.69 bits per heavy atom. The number of benzene rings is 1. The molecule has 16 heavy (non-hydrogen) atoms. The molecule has 0 fully saturated rings. The first-order valence-electron chi connectivity index (χ1n) is 5.53. The minimum Gasteiger partial charge on any atom is -0.347 e. The van der Waals surface area contributed by atoms with Crippen LogP contribution < -0.4 is 5.32 Å². The molecule has 0 atom stereocenters. The predicted molar refractivity (Wildman–Crippen MR) is 70.6 cm³/mol. The van der Waals surface area contributed by atoms with Crippen molar-refractivity contribution in [2.24, 2.45) is 0 Å². The highest BCUT2D eigenvalue weighted by Gasteiger charge is 2.19. The maximum absolute atomic E-state index is 12.0. The standard InChI is InChI=1S/C13H18BrNO/c1-4-8-13(2,3)15-12(16)10-6-5-7-11(14)9-10/h5-7,9H,4,8H2,1-3H3,(H,15,16). The summed E-state index contributed by atoms with van der Waals surface area (Å²) in [6.45, 7) is 6.21. The second-order valence-corrected chi connectivity index (χ2v) is 5.51. The predicted octanol–water partition coefficient (Wildman–Crippen LogP) is 3.76. The van der Waals surface area contributed by atoms with E-state index in [1.165, 1.54) is 0 Å². The minimum absolute atomic E-state index is 0.0141. The molecule has 0 bridgehead atoms. The Kier molecular flexibility index (Phi) is 4.54. The molecule has 1 aromatic carbocycles. The van der Waals surface area contributed by atoms with Crippen LogP contribution in [0.2, 0.25) is 0 Å². The van der Waals surface area contributed by atoms with Gasteiger partial charge in [0.1, 0.15) is 0 Å². The van der Waals surface area contributed by atoms with Crippen molar-refractivity contribution >= 4 is 21.8 Å². The van der Waals surface area contributed by atoms with E-state index in [0.717, 1.165) is 17.3 Å². The van der Waals surface area contributed by atoms with Crippen molar-refractivity contribution in [1.82, 2.24) is 5.32 Å². The lowest BCUT2D eigenvalue weighted by Gasteiger charge is -2.25. The van der Waals surface area contributed by atoms with Crippen molar-refractivity contribution < 1.29 is 4.79 Å². The zero-order valence-electron chi connectivity index (χ0n) is 10.0. The number of halogens is 1. The summed E-state index contributed by atoms with van der Waals surface area (Å²) < 4.78 is 0.924. The molecule has 1 amide bonds. The summed E-state index contributed by atoms with van der Waals surface area (Å²) in [6, 6.07) is 7.43. The Balaban J connectivity index is 2.72. The summed E-state index contributed by atoms with van der Waals surface area (Å²) in [5.41, 5.74) is 0.548. The molecule has 1 N–H and O–H groups in total. The molecule has 0 aliphatic carbocycles. The van der Waals surface area contributed by atoms with Gasteiger partial charge in [-0.25, -0.2) is 0 Å². The maximum atomic E-state index is 12.0. The van der Waals surface area contributed by atoms with Crippen molar-refractivity contribution in [3.8, 4) is 0 Å². The van der Waals surface area contributed by atoms with Crippen LogP contribution in [-0.2, 0) is 0 Å². The highest BCUT2D eigenvalue weighted by Crippen LogP contribution is 2.15. The van der Waals surface area contributed by atoms with Crippen molar-refractivity contribution in [2.75, 3.05) is 0 Å². The van der Waals surface area contributed by atoms with Gasteiger partial charge in [0.2, 0.25) is 0 Å². The summed E-state index contributed by atoms with van der Waals surface area (Å²) in [5, 5.41) is 3.04. The topological polar surface area (TPSA) is 29.1 Å². The van der Waals surface area contributed by atoms with E-state index in [4.69, 9.17) is 0 Å². The number of amides is 1. The number of hydrogen-bond donors (Lipinski definition) is 1. The van der Waals surface area contributed by atoms with Gasteiger partial charge in [-0.15, -0.1) is 0 Å². The van der Waals surface area contributed by atoms with Crippen LogP contribution in [0.5, 0.6) is 0 Å². The molecule has 3 heteroatoms. The van der Waals surface area contributed by atoms with Crippen molar-refractivity contribution in [1.29, 1.82) is 0 Å². The zero-order valence-corrected chi connectivity index (χ0v) is 11.6. The first-order chi connectivity index (χ1) is 7.44. The van der Waals surface area contributed by atoms with Crippen LogP contribution in [0.25, 0.3) is 0 Å². The van der Waals surface area contributed by atoms with Gasteiger partial charge in [0.15, 0.2) is 0 Å². The Bertz CT molecular complexity index is 374. The van der Waals surface area contributed by atoms with Crippen LogP contribution in [0.1, 0.15) is 44.0 Å². The minimum atomic E-state index is -0.145. The summed E-state index contributed by atoms with van der Waals surface area (Å²) in [5.74, 6) is -0.0141. The van der Waals surface area contributed by atoms with Gasteiger partial charge < -0.3 is 5.32 Å². The van der Waals surface area contributed by atoms with E-state index in [0.29, 0.717) is 5.56 Å². The van der Waals surface area contributed by atoms with Crippen LogP contribution in [0, 0.1) is 0 Å². The molecular formula is C13H18BrNO. The smallest absolute Gasteiger partial charge is 0.251 e. The van der Waals surface area contributed by atoms with E-state index in [1.54, 1.807) is 0 Å². The Labute approximate surface area is 106 Å². The van der Waals surface area contributed by atoms with Crippen molar-refractivity contribution in [3.05, 3.63) is 34.3 Å². The molecule has 0 aliphatic heterocycles. The van der Waals surface area contributed by atoms with Crippen LogP contribution in [0.3, 0.4) is 0 Å². The first kappa shape index (κ1) is 13.2. The fourth-order valence-corrected chi connectivity index (χ4v) is 2.10. The van der Waals surface area contributed by atoms with Gasteiger partial charge in [-0.05, 0) is 38.5 Å². The van der Waals surface area contributed by atoms with Gasteiger partial charge in [-0.1, -0.05) is 35.3 Å². The number of rotatable bonds is 4. The number of hydrogen-bond acceptors (Lipinski definition) is 1. The molecule has 0 radical (unpaired) electrons. The third-order valence-corrected chi connectivity index (χ3v) is 2.91. The van der Waals surface area contributed by atoms with Gasteiger partial charge in [-0.3, -0.25) is 4.79 Å². The molecule has 0 saturated heterocycles. The quantitative estimate of drug-likeness (QED) is 0.896.